The fourth-order valence-corrected chi connectivity index (χ4v) is 3.64. The van der Waals surface area contributed by atoms with E-state index in [4.69, 9.17) is 4.98 Å². The molecule has 4 rings (SSSR count). The zero-order valence-electron chi connectivity index (χ0n) is 14.0. The summed E-state index contributed by atoms with van der Waals surface area (Å²) in [6.45, 7) is 3.88. The Labute approximate surface area is 150 Å². The van der Waals surface area contributed by atoms with Crippen LogP contribution in [-0.2, 0) is 0 Å². The second-order valence-corrected chi connectivity index (χ2v) is 6.96. The molecule has 0 aromatic carbocycles. The van der Waals surface area contributed by atoms with E-state index in [-0.39, 0.29) is 0 Å². The molecule has 0 aliphatic carbocycles. The average Bonchev–Trinajstić information content (AvgIpc) is 3.15. The van der Waals surface area contributed by atoms with Crippen LogP contribution >= 0.6 is 11.3 Å². The highest BCUT2D eigenvalue weighted by Crippen LogP contribution is 2.28. The molecule has 3 aromatic rings. The number of thiazole rings is 1. The second kappa shape index (κ2) is 7.10. The van der Waals surface area contributed by atoms with Crippen LogP contribution in [0.5, 0.6) is 0 Å². The molecule has 4 heterocycles. The maximum atomic E-state index is 4.75. The Bertz CT molecular complexity index is 822. The van der Waals surface area contributed by atoms with Crippen molar-refractivity contribution in [1.29, 1.82) is 0 Å². The molecule has 1 N–H and O–H groups in total. The molecule has 7 nitrogen and oxygen atoms in total. The van der Waals surface area contributed by atoms with Gasteiger partial charge in [0.1, 0.15) is 23.8 Å². The maximum Gasteiger partial charge on any atom is 0.188 e. The number of rotatable bonds is 4. The molecule has 1 unspecified atom stereocenters. The van der Waals surface area contributed by atoms with E-state index in [1.807, 2.05) is 24.4 Å². The van der Waals surface area contributed by atoms with E-state index >= 15 is 0 Å². The highest BCUT2D eigenvalue weighted by atomic mass is 32.1. The Kier molecular flexibility index (Phi) is 4.51. The van der Waals surface area contributed by atoms with Crippen LogP contribution in [0.1, 0.15) is 30.3 Å². The summed E-state index contributed by atoms with van der Waals surface area (Å²) in [4.78, 5) is 24.4. The fraction of sp³-hybridized carbons (Fsp3) is 0.353. The molecular formula is C17H19N7S. The molecule has 0 amide bonds. The van der Waals surface area contributed by atoms with Crippen LogP contribution in [0.4, 0.5) is 16.8 Å². The molecule has 1 atom stereocenters. The first-order chi connectivity index (χ1) is 12.3. The lowest BCUT2D eigenvalue weighted by molar-refractivity contribution is 0.488. The molecule has 128 valence electrons. The monoisotopic (exact) mass is 353 g/mol. The van der Waals surface area contributed by atoms with E-state index in [1.165, 1.54) is 0 Å². The number of nitrogens with one attached hydrogen (secondary N) is 1. The molecule has 25 heavy (non-hydrogen) atoms. The first kappa shape index (κ1) is 15.9. The van der Waals surface area contributed by atoms with Gasteiger partial charge in [-0.1, -0.05) is 0 Å². The van der Waals surface area contributed by atoms with Gasteiger partial charge in [0, 0.05) is 48.5 Å². The molecule has 8 heteroatoms. The van der Waals surface area contributed by atoms with Gasteiger partial charge in [-0.2, -0.15) is 0 Å². The van der Waals surface area contributed by atoms with E-state index in [9.17, 15) is 0 Å². The number of aryl methyl sites for hydroxylation is 1. The normalized spacial score (nSPS) is 17.5. The van der Waals surface area contributed by atoms with Crippen LogP contribution < -0.4 is 10.2 Å². The quantitative estimate of drug-likeness (QED) is 0.771. The lowest BCUT2D eigenvalue weighted by atomic mass is 9.97. The Hall–Kier alpha value is -2.61. The van der Waals surface area contributed by atoms with Crippen LogP contribution in [0.15, 0.2) is 36.2 Å². The molecule has 1 fully saturated rings. The number of aromatic nitrogens is 5. The molecule has 1 aliphatic heterocycles. The van der Waals surface area contributed by atoms with Crippen molar-refractivity contribution in [2.45, 2.75) is 25.7 Å². The van der Waals surface area contributed by atoms with E-state index in [0.29, 0.717) is 5.92 Å². The van der Waals surface area contributed by atoms with Gasteiger partial charge < -0.3 is 10.2 Å². The summed E-state index contributed by atoms with van der Waals surface area (Å²) in [6, 6.07) is 3.91. The second-order valence-electron chi connectivity index (χ2n) is 6.07. The number of piperidine rings is 1. The third-order valence-electron chi connectivity index (χ3n) is 4.22. The van der Waals surface area contributed by atoms with Gasteiger partial charge in [-0.25, -0.2) is 24.9 Å². The summed E-state index contributed by atoms with van der Waals surface area (Å²) < 4.78 is 0. The van der Waals surface area contributed by atoms with E-state index in [1.54, 1.807) is 30.1 Å². The molecular weight excluding hydrogens is 334 g/mol. The van der Waals surface area contributed by atoms with Crippen molar-refractivity contribution in [1.82, 2.24) is 24.9 Å². The van der Waals surface area contributed by atoms with Gasteiger partial charge in [0.15, 0.2) is 5.13 Å². The fourth-order valence-electron chi connectivity index (χ4n) is 3.10. The van der Waals surface area contributed by atoms with Crippen molar-refractivity contribution >= 4 is 28.1 Å². The van der Waals surface area contributed by atoms with Crippen molar-refractivity contribution in [2.75, 3.05) is 23.3 Å². The minimum Gasteiger partial charge on any atom is -0.356 e. The van der Waals surface area contributed by atoms with E-state index in [0.717, 1.165) is 54.2 Å². The van der Waals surface area contributed by atoms with Crippen LogP contribution in [0.25, 0.3) is 0 Å². The summed E-state index contributed by atoms with van der Waals surface area (Å²) in [5, 5.41) is 6.05. The van der Waals surface area contributed by atoms with Crippen molar-refractivity contribution < 1.29 is 0 Å². The minimum atomic E-state index is 0.292. The Morgan fingerprint density at radius 3 is 3.00 bits per heavy atom. The van der Waals surface area contributed by atoms with E-state index < -0.39 is 0 Å². The van der Waals surface area contributed by atoms with Crippen molar-refractivity contribution in [3.05, 3.63) is 47.8 Å². The lowest BCUT2D eigenvalue weighted by Crippen LogP contribution is -2.35. The minimum absolute atomic E-state index is 0.292. The predicted octanol–water partition coefficient (Wildman–Crippen LogP) is 3.16. The first-order valence-electron chi connectivity index (χ1n) is 8.31. The Balaban J connectivity index is 1.55. The number of hydrogen-bond donors (Lipinski definition) is 1. The van der Waals surface area contributed by atoms with Gasteiger partial charge in [-0.15, -0.1) is 11.3 Å². The van der Waals surface area contributed by atoms with Gasteiger partial charge in [0.2, 0.25) is 0 Å². The molecule has 3 aromatic heterocycles. The summed E-state index contributed by atoms with van der Waals surface area (Å²) in [5.74, 6) is 2.95. The van der Waals surface area contributed by atoms with Gasteiger partial charge in [-0.05, 0) is 25.8 Å². The van der Waals surface area contributed by atoms with Crippen molar-refractivity contribution in [2.24, 2.45) is 0 Å². The zero-order chi connectivity index (χ0) is 17.1. The SMILES string of the molecule is Cc1cc(Nc2nccs2)nc(C2CCCN(c3ccncn3)C2)n1. The van der Waals surface area contributed by atoms with Crippen LogP contribution in [-0.4, -0.2) is 38.0 Å². The van der Waals surface area contributed by atoms with Crippen molar-refractivity contribution in [3.8, 4) is 0 Å². The summed E-state index contributed by atoms with van der Waals surface area (Å²) >= 11 is 1.56. The number of hydrogen-bond acceptors (Lipinski definition) is 8. The summed E-state index contributed by atoms with van der Waals surface area (Å²) in [6.07, 6.45) is 7.34. The molecule has 1 aliphatic rings. The van der Waals surface area contributed by atoms with Gasteiger partial charge in [0.05, 0.1) is 0 Å². The third kappa shape index (κ3) is 3.74. The molecule has 0 bridgehead atoms. The average molecular weight is 353 g/mol. The topological polar surface area (TPSA) is 79.7 Å². The van der Waals surface area contributed by atoms with Crippen LogP contribution in [0.3, 0.4) is 0 Å². The maximum absolute atomic E-state index is 4.75. The van der Waals surface area contributed by atoms with Gasteiger partial charge in [0.25, 0.3) is 0 Å². The Morgan fingerprint density at radius 2 is 2.20 bits per heavy atom. The lowest BCUT2D eigenvalue weighted by Gasteiger charge is -2.32. The third-order valence-corrected chi connectivity index (χ3v) is 4.90. The van der Waals surface area contributed by atoms with Gasteiger partial charge >= 0.3 is 0 Å². The zero-order valence-corrected chi connectivity index (χ0v) is 14.8. The molecule has 0 radical (unpaired) electrons. The van der Waals surface area contributed by atoms with Crippen molar-refractivity contribution in [3.63, 3.8) is 0 Å². The van der Waals surface area contributed by atoms with E-state index in [2.05, 4.69) is 30.2 Å². The molecule has 0 saturated carbocycles. The molecule has 1 saturated heterocycles. The Morgan fingerprint density at radius 1 is 1.24 bits per heavy atom. The van der Waals surface area contributed by atoms with Crippen LogP contribution in [0, 0.1) is 6.92 Å². The summed E-state index contributed by atoms with van der Waals surface area (Å²) in [5.41, 5.74) is 0.961. The number of nitrogens with zero attached hydrogens (tertiary/aromatic N) is 6. The summed E-state index contributed by atoms with van der Waals surface area (Å²) in [7, 11) is 0. The van der Waals surface area contributed by atoms with Gasteiger partial charge in [-0.3, -0.25) is 0 Å². The standard InChI is InChI=1S/C17H19N7S/c1-12-9-14(23-17-19-6-8-25-17)22-16(21-12)13-3-2-7-24(10-13)15-4-5-18-11-20-15/h4-6,8-9,11,13H,2-3,7,10H2,1H3,(H,19,21,22,23). The smallest absolute Gasteiger partial charge is 0.188 e. The first-order valence-corrected chi connectivity index (χ1v) is 9.19. The van der Waals surface area contributed by atoms with Crippen LogP contribution in [0.2, 0.25) is 0 Å². The molecule has 0 spiro atoms. The number of anilines is 3. The highest BCUT2D eigenvalue weighted by molar-refractivity contribution is 7.13. The predicted molar refractivity (Wildman–Crippen MR) is 98.4 cm³/mol. The largest absolute Gasteiger partial charge is 0.356 e. The highest BCUT2D eigenvalue weighted by Gasteiger charge is 2.25.